The van der Waals surface area contributed by atoms with Gasteiger partial charge in [0.2, 0.25) is 17.7 Å². The molecule has 8 heteroatoms. The van der Waals surface area contributed by atoms with Gasteiger partial charge in [-0.2, -0.15) is 0 Å². The van der Waals surface area contributed by atoms with Crippen molar-refractivity contribution in [3.63, 3.8) is 0 Å². The third-order valence-electron chi connectivity index (χ3n) is 8.38. The molecule has 3 saturated heterocycles. The number of unbranched alkanes of at least 4 members (excludes halogenated alkanes) is 2. The van der Waals surface area contributed by atoms with Crippen molar-refractivity contribution in [2.45, 2.75) is 94.2 Å². The molecular formula is C29H47N3O4S. The quantitative estimate of drug-likeness (QED) is 0.241. The Hall–Kier alpha value is -1.80. The first-order valence-electron chi connectivity index (χ1n) is 14.2. The molecule has 7 nitrogen and oxygen atoms in total. The van der Waals surface area contributed by atoms with Gasteiger partial charge < -0.3 is 19.8 Å². The summed E-state index contributed by atoms with van der Waals surface area (Å²) in [5.41, 5.74) is 0. The second-order valence-electron chi connectivity index (χ2n) is 10.9. The number of hydrogen-bond acceptors (Lipinski definition) is 5. The third-order valence-corrected chi connectivity index (χ3v) is 10.3. The number of aliphatic hydroxyl groups excluding tert-OH is 1. The highest BCUT2D eigenvalue weighted by Gasteiger charge is 2.74. The zero-order valence-electron chi connectivity index (χ0n) is 23.1. The molecule has 0 aliphatic carbocycles. The van der Waals surface area contributed by atoms with Crippen molar-refractivity contribution < 1.29 is 19.5 Å². The number of thioether (sulfide) groups is 1. The standard InChI is InChI=1S/C29H47N3O4S/c1-6-13-21(5)31(18-9-4)28(36)25-29-15-14-22(37-29)23(26(34)30(16-7-2)17-8-3)24(29)27(35)32(25)19-11-10-12-20-33/h7,9,21-25,33H,2,4,6,8,10-20H2,1,3,5H3/t21?,22-,23+,24+,25?,29?/m1/s1. The first-order chi connectivity index (χ1) is 17.8. The van der Waals surface area contributed by atoms with Crippen LogP contribution in [-0.4, -0.2) is 92.4 Å². The fraction of sp³-hybridized carbons (Fsp3) is 0.759. The first kappa shape index (κ1) is 29.8. The van der Waals surface area contributed by atoms with Gasteiger partial charge in [-0.15, -0.1) is 24.9 Å². The molecule has 208 valence electrons. The largest absolute Gasteiger partial charge is 0.396 e. The van der Waals surface area contributed by atoms with Crippen molar-refractivity contribution in [3.05, 3.63) is 25.3 Å². The summed E-state index contributed by atoms with van der Waals surface area (Å²) >= 11 is 1.74. The van der Waals surface area contributed by atoms with Crippen LogP contribution in [0.3, 0.4) is 0 Å². The monoisotopic (exact) mass is 533 g/mol. The maximum atomic E-state index is 14.4. The molecule has 3 amide bonds. The molecule has 3 aliphatic rings. The zero-order valence-corrected chi connectivity index (χ0v) is 23.9. The Morgan fingerprint density at radius 1 is 1.16 bits per heavy atom. The van der Waals surface area contributed by atoms with E-state index in [1.165, 1.54) is 0 Å². The molecule has 1 N–H and O–H groups in total. The Morgan fingerprint density at radius 2 is 1.89 bits per heavy atom. The SMILES string of the molecule is C=CCN(CCC)C(=O)[C@@H]1[C@H]2C(=O)N(CCCCCO)C(C(=O)N(CC=C)C(C)CCC)C23CC[C@H]1S3. The molecule has 3 rings (SSSR count). The van der Waals surface area contributed by atoms with Crippen LogP contribution in [0.4, 0.5) is 0 Å². The highest BCUT2D eigenvalue weighted by molar-refractivity contribution is 8.02. The van der Waals surface area contributed by atoms with E-state index in [0.29, 0.717) is 32.6 Å². The Balaban J connectivity index is 2.00. The highest BCUT2D eigenvalue weighted by Crippen LogP contribution is 2.66. The van der Waals surface area contributed by atoms with Gasteiger partial charge in [-0.1, -0.05) is 32.4 Å². The Morgan fingerprint density at radius 3 is 2.51 bits per heavy atom. The van der Waals surface area contributed by atoms with Crippen molar-refractivity contribution in [2.75, 3.05) is 32.8 Å². The second-order valence-corrected chi connectivity index (χ2v) is 12.5. The molecule has 37 heavy (non-hydrogen) atoms. The van der Waals surface area contributed by atoms with Crippen LogP contribution in [0.1, 0.15) is 72.1 Å². The van der Waals surface area contributed by atoms with Gasteiger partial charge in [-0.3, -0.25) is 14.4 Å². The number of amides is 3. The molecule has 0 saturated carbocycles. The van der Waals surface area contributed by atoms with Crippen molar-refractivity contribution in [3.8, 4) is 0 Å². The van der Waals surface area contributed by atoms with Crippen LogP contribution >= 0.6 is 11.8 Å². The van der Waals surface area contributed by atoms with Crippen molar-refractivity contribution in [2.24, 2.45) is 11.8 Å². The van der Waals surface area contributed by atoms with E-state index in [4.69, 9.17) is 0 Å². The smallest absolute Gasteiger partial charge is 0.247 e. The molecule has 3 fully saturated rings. The number of aliphatic hydroxyl groups is 1. The summed E-state index contributed by atoms with van der Waals surface area (Å²) in [6.07, 6.45) is 10.1. The lowest BCUT2D eigenvalue weighted by atomic mass is 9.70. The Kier molecular flexibility index (Phi) is 10.7. The molecule has 2 bridgehead atoms. The maximum absolute atomic E-state index is 14.4. The Bertz CT molecular complexity index is 851. The Labute approximate surface area is 227 Å². The lowest BCUT2D eigenvalue weighted by molar-refractivity contribution is -0.145. The summed E-state index contributed by atoms with van der Waals surface area (Å²) in [6, 6.07) is -0.517. The predicted octanol–water partition coefficient (Wildman–Crippen LogP) is 3.87. The highest BCUT2D eigenvalue weighted by atomic mass is 32.2. The van der Waals surface area contributed by atoms with Crippen LogP contribution in [0.15, 0.2) is 25.3 Å². The van der Waals surface area contributed by atoms with Crippen LogP contribution in [0, 0.1) is 11.8 Å². The first-order valence-corrected chi connectivity index (χ1v) is 15.1. The average Bonchev–Trinajstić information content (AvgIpc) is 3.52. The number of carbonyl (C=O) groups is 3. The van der Waals surface area contributed by atoms with E-state index in [1.807, 2.05) is 14.7 Å². The molecule has 1 spiro atoms. The van der Waals surface area contributed by atoms with Gasteiger partial charge in [0.15, 0.2) is 0 Å². The van der Waals surface area contributed by atoms with E-state index in [9.17, 15) is 19.5 Å². The minimum atomic E-state index is -0.565. The minimum Gasteiger partial charge on any atom is -0.396 e. The molecule has 3 aliphatic heterocycles. The van der Waals surface area contributed by atoms with E-state index in [0.717, 1.165) is 44.9 Å². The molecule has 3 unspecified atom stereocenters. The lowest BCUT2D eigenvalue weighted by Gasteiger charge is -2.39. The van der Waals surface area contributed by atoms with Gasteiger partial charge in [0.05, 0.1) is 16.6 Å². The molecule has 6 atom stereocenters. The van der Waals surface area contributed by atoms with Crippen molar-refractivity contribution >= 4 is 29.5 Å². The van der Waals surface area contributed by atoms with Gasteiger partial charge >= 0.3 is 0 Å². The van der Waals surface area contributed by atoms with Crippen LogP contribution in [-0.2, 0) is 14.4 Å². The summed E-state index contributed by atoms with van der Waals surface area (Å²) in [5.74, 6) is -0.859. The zero-order chi connectivity index (χ0) is 27.2. The molecule has 3 heterocycles. The van der Waals surface area contributed by atoms with E-state index in [-0.39, 0.29) is 35.6 Å². The molecule has 0 aromatic carbocycles. The van der Waals surface area contributed by atoms with E-state index in [1.54, 1.807) is 23.9 Å². The van der Waals surface area contributed by atoms with Gasteiger partial charge in [0, 0.05) is 44.1 Å². The summed E-state index contributed by atoms with van der Waals surface area (Å²) in [5, 5.41) is 9.31. The normalized spacial score (nSPS) is 28.8. The summed E-state index contributed by atoms with van der Waals surface area (Å²) in [6.45, 7) is 16.1. The van der Waals surface area contributed by atoms with Crippen LogP contribution in [0.25, 0.3) is 0 Å². The van der Waals surface area contributed by atoms with Crippen LogP contribution in [0.2, 0.25) is 0 Å². The second kappa shape index (κ2) is 13.3. The summed E-state index contributed by atoms with van der Waals surface area (Å²) in [7, 11) is 0. The van der Waals surface area contributed by atoms with Gasteiger partial charge in [-0.05, 0) is 51.9 Å². The third kappa shape index (κ3) is 5.65. The number of fused-ring (bicyclic) bond motifs is 1. The number of rotatable bonds is 16. The van der Waals surface area contributed by atoms with Gasteiger partial charge in [0.1, 0.15) is 6.04 Å². The predicted molar refractivity (Wildman–Crippen MR) is 150 cm³/mol. The molecule has 0 radical (unpaired) electrons. The lowest BCUT2D eigenvalue weighted by Crippen LogP contribution is -2.56. The maximum Gasteiger partial charge on any atom is 0.247 e. The summed E-state index contributed by atoms with van der Waals surface area (Å²) < 4.78 is -0.562. The van der Waals surface area contributed by atoms with Gasteiger partial charge in [0.25, 0.3) is 0 Å². The molecule has 0 aromatic rings. The number of likely N-dealkylation sites (tertiary alicyclic amines) is 1. The van der Waals surface area contributed by atoms with Crippen molar-refractivity contribution in [1.29, 1.82) is 0 Å². The van der Waals surface area contributed by atoms with E-state index >= 15 is 0 Å². The van der Waals surface area contributed by atoms with E-state index in [2.05, 4.69) is 33.9 Å². The van der Waals surface area contributed by atoms with Crippen LogP contribution < -0.4 is 0 Å². The number of hydrogen-bond donors (Lipinski definition) is 1. The van der Waals surface area contributed by atoms with Gasteiger partial charge in [-0.25, -0.2) is 0 Å². The fourth-order valence-corrected chi connectivity index (χ4v) is 9.02. The average molecular weight is 534 g/mol. The van der Waals surface area contributed by atoms with E-state index < -0.39 is 22.6 Å². The minimum absolute atomic E-state index is 0.00314. The number of nitrogens with zero attached hydrogens (tertiary/aromatic N) is 3. The van der Waals surface area contributed by atoms with Crippen LogP contribution in [0.5, 0.6) is 0 Å². The van der Waals surface area contributed by atoms with Crippen molar-refractivity contribution in [1.82, 2.24) is 14.7 Å². The fourth-order valence-electron chi connectivity index (χ4n) is 6.81. The summed E-state index contributed by atoms with van der Waals surface area (Å²) in [4.78, 5) is 47.9. The topological polar surface area (TPSA) is 81.2 Å². The molecule has 0 aromatic heterocycles. The number of carbonyl (C=O) groups excluding carboxylic acids is 3. The molecular weight excluding hydrogens is 486 g/mol.